The van der Waals surface area contributed by atoms with Crippen LogP contribution in [0.3, 0.4) is 0 Å². The van der Waals surface area contributed by atoms with E-state index in [0.717, 1.165) is 27.7 Å². The summed E-state index contributed by atoms with van der Waals surface area (Å²) < 4.78 is 12.5. The van der Waals surface area contributed by atoms with Crippen LogP contribution in [0.25, 0.3) is 11.1 Å². The second kappa shape index (κ2) is 9.24. The fraction of sp³-hybridized carbons (Fsp3) is 0.333. The quantitative estimate of drug-likeness (QED) is 0.454. The van der Waals surface area contributed by atoms with Gasteiger partial charge in [-0.3, -0.25) is 4.79 Å². The summed E-state index contributed by atoms with van der Waals surface area (Å²) in [6.45, 7) is 13.9. The Morgan fingerprint density at radius 2 is 1.61 bits per heavy atom. The highest BCUT2D eigenvalue weighted by molar-refractivity contribution is 6.62. The van der Waals surface area contributed by atoms with Gasteiger partial charge in [0.1, 0.15) is 0 Å². The molecule has 0 spiro atoms. The molecule has 3 aromatic rings. The highest BCUT2D eigenvalue weighted by atomic mass is 16.7. The summed E-state index contributed by atoms with van der Waals surface area (Å²) >= 11 is 0. The van der Waals surface area contributed by atoms with Crippen molar-refractivity contribution in [2.75, 3.05) is 5.32 Å². The van der Waals surface area contributed by atoms with Crippen molar-refractivity contribution >= 4 is 24.2 Å². The summed E-state index contributed by atoms with van der Waals surface area (Å²) in [6.07, 6.45) is 0. The van der Waals surface area contributed by atoms with Gasteiger partial charge < -0.3 is 14.6 Å². The van der Waals surface area contributed by atoms with Gasteiger partial charge in [-0.2, -0.15) is 5.26 Å². The Morgan fingerprint density at radius 3 is 2.28 bits per heavy atom. The number of aryl methyl sites for hydroxylation is 1. The maximum Gasteiger partial charge on any atom is 0.494 e. The van der Waals surface area contributed by atoms with Gasteiger partial charge in [0.25, 0.3) is 5.91 Å². The molecule has 1 fully saturated rings. The Balaban J connectivity index is 1.59. The second-order valence-corrected chi connectivity index (χ2v) is 11.0. The van der Waals surface area contributed by atoms with Crippen LogP contribution in [0.5, 0.6) is 0 Å². The molecule has 1 aliphatic heterocycles. The summed E-state index contributed by atoms with van der Waals surface area (Å²) in [5, 5.41) is 12.5. The molecule has 4 rings (SSSR count). The number of nitrogens with zero attached hydrogens (tertiary/aromatic N) is 1. The first-order valence-corrected chi connectivity index (χ1v) is 12.2. The van der Waals surface area contributed by atoms with Gasteiger partial charge >= 0.3 is 7.12 Å². The van der Waals surface area contributed by atoms with Crippen molar-refractivity contribution in [2.45, 2.75) is 65.1 Å². The Bertz CT molecular complexity index is 1340. The van der Waals surface area contributed by atoms with Gasteiger partial charge in [-0.1, -0.05) is 42.5 Å². The Kier molecular flexibility index (Phi) is 6.59. The third kappa shape index (κ3) is 4.95. The third-order valence-corrected chi connectivity index (χ3v) is 7.34. The summed E-state index contributed by atoms with van der Waals surface area (Å²) in [7, 11) is -0.442. The van der Waals surface area contributed by atoms with Crippen LogP contribution in [0.2, 0.25) is 0 Å². The highest BCUT2D eigenvalue weighted by Crippen LogP contribution is 2.37. The van der Waals surface area contributed by atoms with Crippen LogP contribution in [-0.4, -0.2) is 24.2 Å². The maximum atomic E-state index is 13.0. The highest BCUT2D eigenvalue weighted by Gasteiger charge is 2.51. The minimum Gasteiger partial charge on any atom is -0.399 e. The van der Waals surface area contributed by atoms with Crippen LogP contribution in [0, 0.1) is 18.3 Å². The van der Waals surface area contributed by atoms with E-state index in [1.807, 2.05) is 84.0 Å². The number of anilines is 1. The monoisotopic (exact) mass is 480 g/mol. The molecule has 0 radical (unpaired) electrons. The van der Waals surface area contributed by atoms with E-state index in [2.05, 4.69) is 30.4 Å². The molecule has 1 heterocycles. The fourth-order valence-corrected chi connectivity index (χ4v) is 4.16. The van der Waals surface area contributed by atoms with E-state index < -0.39 is 23.7 Å². The largest absolute Gasteiger partial charge is 0.494 e. The van der Waals surface area contributed by atoms with Crippen LogP contribution in [-0.2, 0) is 14.7 Å². The van der Waals surface area contributed by atoms with Crippen LogP contribution in [0.1, 0.15) is 63.0 Å². The van der Waals surface area contributed by atoms with Crippen molar-refractivity contribution in [1.29, 1.82) is 5.26 Å². The molecule has 184 valence electrons. The lowest BCUT2D eigenvalue weighted by Gasteiger charge is -2.32. The molecule has 3 aromatic carbocycles. The van der Waals surface area contributed by atoms with Crippen molar-refractivity contribution in [3.63, 3.8) is 0 Å². The third-order valence-electron chi connectivity index (χ3n) is 7.34. The molecule has 1 amide bonds. The Hall–Kier alpha value is -3.40. The standard InChI is InChI=1S/C30H33BN2O3/c1-20-14-15-25(33-27(34)22-11-8-12-23(16-22)28(2,3)19-32)18-26(20)21-10-9-13-24(17-21)31-35-29(4,5)30(6,7)36-31/h8-18H,1-7H3,(H,33,34). The Morgan fingerprint density at radius 1 is 0.944 bits per heavy atom. The molecular formula is C30H33BN2O3. The van der Waals surface area contributed by atoms with Gasteiger partial charge in [0.2, 0.25) is 0 Å². The molecule has 1 N–H and O–H groups in total. The SMILES string of the molecule is Cc1ccc(NC(=O)c2cccc(C(C)(C)C#N)c2)cc1-c1cccc(B2OC(C)(C)C(C)(C)O2)c1. The lowest BCUT2D eigenvalue weighted by molar-refractivity contribution is 0.00578. The number of rotatable bonds is 5. The first-order chi connectivity index (χ1) is 16.8. The molecule has 36 heavy (non-hydrogen) atoms. The van der Waals surface area contributed by atoms with Crippen molar-refractivity contribution in [3.05, 3.63) is 83.4 Å². The van der Waals surface area contributed by atoms with E-state index in [-0.39, 0.29) is 5.91 Å². The summed E-state index contributed by atoms with van der Waals surface area (Å²) in [4.78, 5) is 13.0. The summed E-state index contributed by atoms with van der Waals surface area (Å²) in [6, 6.07) is 23.6. The number of nitriles is 1. The van der Waals surface area contributed by atoms with Crippen molar-refractivity contribution in [3.8, 4) is 17.2 Å². The average molecular weight is 480 g/mol. The Labute approximate surface area is 214 Å². The predicted octanol–water partition coefficient (Wildman–Crippen LogP) is 6.01. The predicted molar refractivity (Wildman–Crippen MR) is 145 cm³/mol. The van der Waals surface area contributed by atoms with Gasteiger partial charge in [-0.15, -0.1) is 0 Å². The summed E-state index contributed by atoms with van der Waals surface area (Å²) in [5.74, 6) is -0.216. The van der Waals surface area contributed by atoms with E-state index in [4.69, 9.17) is 9.31 Å². The van der Waals surface area contributed by atoms with Crippen molar-refractivity contribution in [1.82, 2.24) is 0 Å². The number of carbonyl (C=O) groups is 1. The zero-order valence-corrected chi connectivity index (χ0v) is 22.1. The van der Waals surface area contributed by atoms with Crippen LogP contribution in [0.15, 0.2) is 66.7 Å². The smallest absolute Gasteiger partial charge is 0.399 e. The van der Waals surface area contributed by atoms with E-state index >= 15 is 0 Å². The molecule has 6 heteroatoms. The fourth-order valence-electron chi connectivity index (χ4n) is 4.16. The lowest BCUT2D eigenvalue weighted by Crippen LogP contribution is -2.41. The molecule has 0 saturated carbocycles. The molecule has 0 unspecified atom stereocenters. The van der Waals surface area contributed by atoms with Gasteiger partial charge in [-0.05, 0) is 100 Å². The molecule has 0 atom stereocenters. The minimum atomic E-state index is -0.671. The van der Waals surface area contributed by atoms with E-state index in [1.165, 1.54) is 0 Å². The normalized spacial score (nSPS) is 16.4. The van der Waals surface area contributed by atoms with Gasteiger partial charge in [0.15, 0.2) is 0 Å². The summed E-state index contributed by atoms with van der Waals surface area (Å²) in [5.41, 5.74) is 4.62. The number of carbonyl (C=O) groups excluding carboxylic acids is 1. The van der Waals surface area contributed by atoms with Crippen LogP contribution < -0.4 is 10.8 Å². The van der Waals surface area contributed by atoms with Crippen LogP contribution in [0.4, 0.5) is 5.69 Å². The van der Waals surface area contributed by atoms with Gasteiger partial charge in [0, 0.05) is 11.3 Å². The number of hydrogen-bond acceptors (Lipinski definition) is 4. The molecule has 0 aliphatic carbocycles. The molecule has 0 bridgehead atoms. The molecule has 0 aromatic heterocycles. The minimum absolute atomic E-state index is 0.216. The number of amides is 1. The zero-order valence-electron chi connectivity index (χ0n) is 22.1. The molecule has 1 saturated heterocycles. The number of benzene rings is 3. The maximum absolute atomic E-state index is 13.0. The first-order valence-electron chi connectivity index (χ1n) is 12.2. The average Bonchev–Trinajstić information content (AvgIpc) is 3.07. The second-order valence-electron chi connectivity index (χ2n) is 11.0. The zero-order chi connectivity index (χ0) is 26.3. The first kappa shape index (κ1) is 25.7. The van der Waals surface area contributed by atoms with Crippen molar-refractivity contribution in [2.24, 2.45) is 0 Å². The number of hydrogen-bond donors (Lipinski definition) is 1. The molecular weight excluding hydrogens is 447 g/mol. The number of nitrogens with one attached hydrogen (secondary N) is 1. The molecule has 1 aliphatic rings. The van der Waals surface area contributed by atoms with Crippen molar-refractivity contribution < 1.29 is 14.1 Å². The molecule has 5 nitrogen and oxygen atoms in total. The van der Waals surface area contributed by atoms with Crippen LogP contribution >= 0.6 is 0 Å². The van der Waals surface area contributed by atoms with Gasteiger partial charge in [-0.25, -0.2) is 0 Å². The topological polar surface area (TPSA) is 71.4 Å². The van der Waals surface area contributed by atoms with E-state index in [0.29, 0.717) is 11.3 Å². The van der Waals surface area contributed by atoms with Gasteiger partial charge in [0.05, 0.1) is 22.7 Å². The lowest BCUT2D eigenvalue weighted by atomic mass is 9.77. The van der Waals surface area contributed by atoms with E-state index in [9.17, 15) is 10.1 Å². The van der Waals surface area contributed by atoms with E-state index in [1.54, 1.807) is 12.1 Å².